The molecule has 2 aromatic heterocycles. The fourth-order valence-electron chi connectivity index (χ4n) is 2.87. The third-order valence-electron chi connectivity index (χ3n) is 4.23. The number of aromatic nitrogens is 4. The molecule has 0 saturated heterocycles. The van der Waals surface area contributed by atoms with E-state index >= 15 is 0 Å². The van der Waals surface area contributed by atoms with Gasteiger partial charge < -0.3 is 4.57 Å². The van der Waals surface area contributed by atoms with Crippen molar-refractivity contribution in [1.29, 1.82) is 0 Å². The van der Waals surface area contributed by atoms with Crippen LogP contribution >= 0.6 is 0 Å². The third-order valence-corrected chi connectivity index (χ3v) is 4.23. The number of carbonyl (C=O) groups is 1. The fraction of sp³-hybridized carbons (Fsp3) is 0.0909. The van der Waals surface area contributed by atoms with Crippen LogP contribution in [0.5, 0.6) is 0 Å². The van der Waals surface area contributed by atoms with Crippen LogP contribution in [-0.2, 0) is 6.54 Å². The highest BCUT2D eigenvalue weighted by molar-refractivity contribution is 5.94. The van der Waals surface area contributed by atoms with Gasteiger partial charge >= 0.3 is 0 Å². The van der Waals surface area contributed by atoms with Gasteiger partial charge in [-0.15, -0.1) is 0 Å². The number of hydrogen-bond donors (Lipinski definition) is 0. The number of rotatable bonds is 5. The molecule has 0 saturated carbocycles. The van der Waals surface area contributed by atoms with E-state index in [0.29, 0.717) is 23.4 Å². The minimum Gasteiger partial charge on any atom is -0.311 e. The molecule has 0 radical (unpaired) electrons. The van der Waals surface area contributed by atoms with Gasteiger partial charge in [-0.3, -0.25) is 4.79 Å². The maximum Gasteiger partial charge on any atom is 0.198 e. The number of benzene rings is 2. The topological polar surface area (TPSA) is 60.7 Å². The summed E-state index contributed by atoms with van der Waals surface area (Å²) in [6, 6.07) is 20.0. The van der Waals surface area contributed by atoms with Gasteiger partial charge in [0.05, 0.1) is 18.6 Å². The van der Waals surface area contributed by atoms with Crippen LogP contribution in [0.1, 0.15) is 34.4 Å². The van der Waals surface area contributed by atoms with Crippen LogP contribution in [0, 0.1) is 0 Å². The fourth-order valence-corrected chi connectivity index (χ4v) is 2.87. The number of hydrogen-bond acceptors (Lipinski definition) is 4. The average Bonchev–Trinajstić information content (AvgIpc) is 3.10. The summed E-state index contributed by atoms with van der Waals surface area (Å²) < 4.78 is 1.94. The molecule has 4 rings (SSSR count). The Morgan fingerprint density at radius 3 is 2.37 bits per heavy atom. The Balaban J connectivity index is 1.79. The molecule has 0 bridgehead atoms. The van der Waals surface area contributed by atoms with Crippen LogP contribution < -0.4 is 0 Å². The molecular weight excluding hydrogens is 336 g/mol. The van der Waals surface area contributed by atoms with E-state index in [9.17, 15) is 4.79 Å². The molecule has 2 aromatic carbocycles. The van der Waals surface area contributed by atoms with E-state index in [-0.39, 0.29) is 11.6 Å². The molecule has 0 N–H and O–H groups in total. The molecule has 132 valence electrons. The summed E-state index contributed by atoms with van der Waals surface area (Å²) >= 11 is 0. The van der Waals surface area contributed by atoms with E-state index in [1.165, 1.54) is 6.92 Å². The van der Waals surface area contributed by atoms with Gasteiger partial charge in [0, 0.05) is 6.92 Å². The van der Waals surface area contributed by atoms with E-state index in [4.69, 9.17) is 0 Å². The number of fused-ring (bicyclic) bond motifs is 1. The first-order valence-electron chi connectivity index (χ1n) is 8.71. The molecule has 0 amide bonds. The molecule has 5 nitrogen and oxygen atoms in total. The first-order valence-corrected chi connectivity index (χ1v) is 8.71. The van der Waals surface area contributed by atoms with Crippen molar-refractivity contribution in [2.45, 2.75) is 13.5 Å². The van der Waals surface area contributed by atoms with Crippen molar-refractivity contribution in [1.82, 2.24) is 19.5 Å². The van der Waals surface area contributed by atoms with Gasteiger partial charge in [0.25, 0.3) is 0 Å². The molecular formula is C22H18N4O. The number of carbonyl (C=O) groups excluding carboxylic acids is 1. The van der Waals surface area contributed by atoms with Crippen LogP contribution in [0.25, 0.3) is 23.3 Å². The van der Waals surface area contributed by atoms with Crippen molar-refractivity contribution in [3.05, 3.63) is 89.6 Å². The highest BCUT2D eigenvalue weighted by atomic mass is 16.1. The highest BCUT2D eigenvalue weighted by Crippen LogP contribution is 2.19. The quantitative estimate of drug-likeness (QED) is 0.503. The second-order valence-corrected chi connectivity index (χ2v) is 6.26. The monoisotopic (exact) mass is 354 g/mol. The number of imidazole rings is 1. The Morgan fingerprint density at radius 2 is 1.67 bits per heavy atom. The Hall–Kier alpha value is -3.60. The lowest BCUT2D eigenvalue weighted by molar-refractivity contribution is 0.100. The van der Waals surface area contributed by atoms with Crippen molar-refractivity contribution in [2.24, 2.45) is 0 Å². The van der Waals surface area contributed by atoms with Crippen molar-refractivity contribution in [3.8, 4) is 0 Å². The Bertz CT molecular complexity index is 1120. The molecule has 0 atom stereocenters. The van der Waals surface area contributed by atoms with Crippen LogP contribution in [0.2, 0.25) is 0 Å². The molecule has 0 fully saturated rings. The second-order valence-electron chi connectivity index (χ2n) is 6.26. The van der Waals surface area contributed by atoms with E-state index in [2.05, 4.69) is 27.1 Å². The maximum atomic E-state index is 11.9. The lowest BCUT2D eigenvalue weighted by atomic mass is 10.2. The zero-order valence-electron chi connectivity index (χ0n) is 14.9. The van der Waals surface area contributed by atoms with Crippen molar-refractivity contribution in [3.63, 3.8) is 0 Å². The SMILES string of the molecule is CC(=O)c1nc(/C=C/c2ccccc2)c2ncn(Cc3ccccc3)c2n1. The summed E-state index contributed by atoms with van der Waals surface area (Å²) in [5.41, 5.74) is 4.18. The normalized spacial score (nSPS) is 11.3. The van der Waals surface area contributed by atoms with Gasteiger partial charge in [0.2, 0.25) is 0 Å². The number of nitrogens with zero attached hydrogens (tertiary/aromatic N) is 4. The van der Waals surface area contributed by atoms with E-state index in [1.54, 1.807) is 6.33 Å². The summed E-state index contributed by atoms with van der Waals surface area (Å²) in [7, 11) is 0. The molecule has 4 aromatic rings. The van der Waals surface area contributed by atoms with Gasteiger partial charge in [-0.2, -0.15) is 0 Å². The lowest BCUT2D eigenvalue weighted by Gasteiger charge is -2.05. The van der Waals surface area contributed by atoms with Crippen LogP contribution in [0.3, 0.4) is 0 Å². The molecule has 2 heterocycles. The van der Waals surface area contributed by atoms with Gasteiger partial charge in [-0.1, -0.05) is 66.7 Å². The van der Waals surface area contributed by atoms with Gasteiger partial charge in [0.1, 0.15) is 5.52 Å². The largest absolute Gasteiger partial charge is 0.311 e. The summed E-state index contributed by atoms with van der Waals surface area (Å²) in [5.74, 6) is 0.0312. The maximum absolute atomic E-state index is 11.9. The summed E-state index contributed by atoms with van der Waals surface area (Å²) in [5, 5.41) is 0. The van der Waals surface area contributed by atoms with E-state index in [0.717, 1.165) is 11.1 Å². The third kappa shape index (κ3) is 3.67. The number of ketones is 1. The highest BCUT2D eigenvalue weighted by Gasteiger charge is 2.14. The van der Waals surface area contributed by atoms with Crippen molar-refractivity contribution in [2.75, 3.05) is 0 Å². The Kier molecular flexibility index (Phi) is 4.58. The molecule has 0 aliphatic rings. The van der Waals surface area contributed by atoms with E-state index in [1.807, 2.05) is 65.3 Å². The van der Waals surface area contributed by atoms with Crippen LogP contribution in [0.4, 0.5) is 0 Å². The van der Waals surface area contributed by atoms with Crippen LogP contribution in [-0.4, -0.2) is 25.3 Å². The van der Waals surface area contributed by atoms with Gasteiger partial charge in [-0.25, -0.2) is 15.0 Å². The predicted octanol–water partition coefficient (Wildman–Crippen LogP) is 4.25. The molecule has 0 aliphatic carbocycles. The average molecular weight is 354 g/mol. The van der Waals surface area contributed by atoms with Crippen molar-refractivity contribution >= 4 is 29.1 Å². The minimum atomic E-state index is -0.168. The molecule has 5 heteroatoms. The molecule has 0 aliphatic heterocycles. The van der Waals surface area contributed by atoms with Gasteiger partial charge in [0.15, 0.2) is 17.3 Å². The molecule has 27 heavy (non-hydrogen) atoms. The Labute approximate surface area is 157 Å². The number of Topliss-reactive ketones (excluding diaryl/α,β-unsaturated/α-hetero) is 1. The molecule has 0 spiro atoms. The summed E-state index contributed by atoms with van der Waals surface area (Å²) in [6.07, 6.45) is 5.59. The predicted molar refractivity (Wildman–Crippen MR) is 106 cm³/mol. The van der Waals surface area contributed by atoms with E-state index < -0.39 is 0 Å². The first kappa shape index (κ1) is 16.8. The minimum absolute atomic E-state index is 0.168. The van der Waals surface area contributed by atoms with Gasteiger partial charge in [-0.05, 0) is 17.2 Å². The zero-order valence-corrected chi connectivity index (χ0v) is 14.9. The summed E-state index contributed by atoms with van der Waals surface area (Å²) in [4.78, 5) is 25.3. The first-order chi connectivity index (χ1) is 13.2. The van der Waals surface area contributed by atoms with Crippen LogP contribution in [0.15, 0.2) is 67.0 Å². The molecule has 0 unspecified atom stereocenters. The lowest BCUT2D eigenvalue weighted by Crippen LogP contribution is -2.06. The smallest absolute Gasteiger partial charge is 0.198 e. The Morgan fingerprint density at radius 1 is 0.963 bits per heavy atom. The second kappa shape index (κ2) is 7.33. The summed E-state index contributed by atoms with van der Waals surface area (Å²) in [6.45, 7) is 2.11. The standard InChI is InChI=1S/C22H18N4O/c1-16(27)21-24-19(13-12-17-8-4-2-5-9-17)20-22(25-21)26(15-23-20)14-18-10-6-3-7-11-18/h2-13,15H,14H2,1H3/b13-12+. The van der Waals surface area contributed by atoms with Crippen molar-refractivity contribution < 1.29 is 4.79 Å². The zero-order chi connectivity index (χ0) is 18.6.